The Morgan fingerprint density at radius 3 is 2.76 bits per heavy atom. The van der Waals surface area contributed by atoms with Gasteiger partial charge in [0.05, 0.1) is 10.0 Å². The first kappa shape index (κ1) is 15.9. The van der Waals surface area contributed by atoms with Crippen molar-refractivity contribution in [2.45, 2.75) is 19.8 Å². The van der Waals surface area contributed by atoms with Crippen LogP contribution in [0, 0.1) is 0 Å². The van der Waals surface area contributed by atoms with Crippen molar-refractivity contribution < 1.29 is 9.21 Å². The monoisotopic (exact) mass is 326 g/mol. The third-order valence-corrected chi connectivity index (χ3v) is 3.82. The summed E-state index contributed by atoms with van der Waals surface area (Å²) in [5.74, 6) is 0.194. The number of carbonyl (C=O) groups excluding carboxylic acids is 1. The Kier molecular flexibility index (Phi) is 5.26. The number of rotatable bonds is 5. The minimum Gasteiger partial charge on any atom is -0.444 e. The van der Waals surface area contributed by atoms with Gasteiger partial charge in [0, 0.05) is 19.2 Å². The first-order valence-electron chi connectivity index (χ1n) is 6.69. The average molecular weight is 327 g/mol. The van der Waals surface area contributed by atoms with Gasteiger partial charge >= 0.3 is 0 Å². The summed E-state index contributed by atoms with van der Waals surface area (Å²) in [6.45, 7) is 2.78. The lowest BCUT2D eigenvalue weighted by molar-refractivity contribution is 0.0787. The predicted molar refractivity (Wildman–Crippen MR) is 83.8 cm³/mol. The Morgan fingerprint density at radius 2 is 2.10 bits per heavy atom. The molecule has 1 amide bonds. The summed E-state index contributed by atoms with van der Waals surface area (Å²) in [6, 6.07) is 5.07. The van der Waals surface area contributed by atoms with Gasteiger partial charge < -0.3 is 9.32 Å². The summed E-state index contributed by atoms with van der Waals surface area (Å²) in [7, 11) is 1.76. The number of oxazole rings is 1. The van der Waals surface area contributed by atoms with Gasteiger partial charge in [-0.2, -0.15) is 0 Å². The molecule has 1 aromatic carbocycles. The maximum Gasteiger partial charge on any atom is 0.275 e. The van der Waals surface area contributed by atoms with Crippen LogP contribution >= 0.6 is 23.2 Å². The molecule has 0 saturated heterocycles. The standard InChI is InChI=1S/C15H16Cl2N2O2/c1-3-4-7-19(2)15(20)13-9-21-14(18-13)10-5-6-11(16)12(17)8-10/h5-6,8-9H,3-4,7H2,1-2H3. The maximum absolute atomic E-state index is 12.2. The number of carbonyl (C=O) groups is 1. The highest BCUT2D eigenvalue weighted by atomic mass is 35.5. The molecule has 0 N–H and O–H groups in total. The Hall–Kier alpha value is -1.52. The summed E-state index contributed by atoms with van der Waals surface area (Å²) in [5, 5.41) is 0.878. The van der Waals surface area contributed by atoms with Gasteiger partial charge in [0.1, 0.15) is 6.26 Å². The fourth-order valence-corrected chi connectivity index (χ4v) is 2.12. The van der Waals surface area contributed by atoms with Gasteiger partial charge in [-0.1, -0.05) is 36.5 Å². The number of unbranched alkanes of at least 4 members (excludes halogenated alkanes) is 1. The van der Waals surface area contributed by atoms with E-state index in [0.717, 1.165) is 12.8 Å². The lowest BCUT2D eigenvalue weighted by Gasteiger charge is -2.14. The fourth-order valence-electron chi connectivity index (χ4n) is 1.83. The van der Waals surface area contributed by atoms with E-state index in [1.165, 1.54) is 6.26 Å². The SMILES string of the molecule is CCCCN(C)C(=O)c1coc(-c2ccc(Cl)c(Cl)c2)n1. The summed E-state index contributed by atoms with van der Waals surface area (Å²) in [6.07, 6.45) is 3.35. The third kappa shape index (κ3) is 3.77. The van der Waals surface area contributed by atoms with Crippen molar-refractivity contribution >= 4 is 29.1 Å². The number of nitrogens with zero attached hydrogens (tertiary/aromatic N) is 2. The van der Waals surface area contributed by atoms with Gasteiger partial charge in [-0.25, -0.2) is 4.98 Å². The summed E-state index contributed by atoms with van der Waals surface area (Å²) in [5.41, 5.74) is 0.967. The van der Waals surface area contributed by atoms with Crippen LogP contribution in [0.1, 0.15) is 30.3 Å². The van der Waals surface area contributed by atoms with Crippen molar-refractivity contribution in [2.24, 2.45) is 0 Å². The van der Waals surface area contributed by atoms with Crippen molar-refractivity contribution in [2.75, 3.05) is 13.6 Å². The molecule has 0 saturated carbocycles. The van der Waals surface area contributed by atoms with Crippen LogP contribution in [0.4, 0.5) is 0 Å². The van der Waals surface area contributed by atoms with E-state index in [-0.39, 0.29) is 11.6 Å². The minimum absolute atomic E-state index is 0.154. The van der Waals surface area contributed by atoms with Gasteiger partial charge in [0.25, 0.3) is 5.91 Å². The van der Waals surface area contributed by atoms with Crippen LogP contribution < -0.4 is 0 Å². The van der Waals surface area contributed by atoms with Crippen LogP contribution in [0.25, 0.3) is 11.5 Å². The van der Waals surface area contributed by atoms with Crippen molar-refractivity contribution in [1.29, 1.82) is 0 Å². The maximum atomic E-state index is 12.2. The lowest BCUT2D eigenvalue weighted by Crippen LogP contribution is -2.27. The number of amides is 1. The average Bonchev–Trinajstić information content (AvgIpc) is 2.96. The smallest absolute Gasteiger partial charge is 0.275 e. The summed E-state index contributed by atoms with van der Waals surface area (Å²) in [4.78, 5) is 18.0. The van der Waals surface area contributed by atoms with E-state index in [4.69, 9.17) is 27.6 Å². The van der Waals surface area contributed by atoms with Gasteiger partial charge in [0.15, 0.2) is 5.69 Å². The second kappa shape index (κ2) is 6.96. The number of benzene rings is 1. The first-order chi connectivity index (χ1) is 10.0. The summed E-state index contributed by atoms with van der Waals surface area (Å²) >= 11 is 11.8. The highest BCUT2D eigenvalue weighted by molar-refractivity contribution is 6.42. The topological polar surface area (TPSA) is 46.3 Å². The molecular weight excluding hydrogens is 311 g/mol. The number of aromatic nitrogens is 1. The zero-order chi connectivity index (χ0) is 15.4. The molecule has 4 nitrogen and oxygen atoms in total. The molecular formula is C15H16Cl2N2O2. The molecule has 0 aliphatic rings. The summed E-state index contributed by atoms with van der Waals surface area (Å²) < 4.78 is 5.36. The van der Waals surface area contributed by atoms with Crippen molar-refractivity contribution in [3.8, 4) is 11.5 Å². The third-order valence-electron chi connectivity index (χ3n) is 3.08. The highest BCUT2D eigenvalue weighted by Gasteiger charge is 2.17. The van der Waals surface area contributed by atoms with Gasteiger partial charge in [-0.05, 0) is 24.6 Å². The van der Waals surface area contributed by atoms with E-state index in [1.54, 1.807) is 30.1 Å². The quantitative estimate of drug-likeness (QED) is 0.811. The lowest BCUT2D eigenvalue weighted by atomic mass is 10.2. The number of halogens is 2. The molecule has 0 bridgehead atoms. The van der Waals surface area contributed by atoms with E-state index in [1.807, 2.05) is 0 Å². The van der Waals surface area contributed by atoms with Crippen molar-refractivity contribution in [3.05, 3.63) is 40.2 Å². The second-order valence-electron chi connectivity index (χ2n) is 4.75. The van der Waals surface area contributed by atoms with E-state index < -0.39 is 0 Å². The Morgan fingerprint density at radius 1 is 1.33 bits per heavy atom. The van der Waals surface area contributed by atoms with E-state index >= 15 is 0 Å². The Balaban J connectivity index is 2.17. The molecule has 1 aromatic heterocycles. The first-order valence-corrected chi connectivity index (χ1v) is 7.45. The van der Waals surface area contributed by atoms with Crippen LogP contribution in [0.3, 0.4) is 0 Å². The van der Waals surface area contributed by atoms with Crippen molar-refractivity contribution in [1.82, 2.24) is 9.88 Å². The number of hydrogen-bond acceptors (Lipinski definition) is 3. The second-order valence-corrected chi connectivity index (χ2v) is 5.56. The molecule has 1 heterocycles. The Bertz CT molecular complexity index is 640. The molecule has 0 radical (unpaired) electrons. The predicted octanol–water partition coefficient (Wildman–Crippen LogP) is 4.52. The molecule has 6 heteroatoms. The highest BCUT2D eigenvalue weighted by Crippen LogP contribution is 2.28. The molecule has 0 aliphatic heterocycles. The van der Waals surface area contributed by atoms with E-state index in [2.05, 4.69) is 11.9 Å². The van der Waals surface area contributed by atoms with E-state index in [9.17, 15) is 4.79 Å². The van der Waals surface area contributed by atoms with Gasteiger partial charge in [-0.3, -0.25) is 4.79 Å². The van der Waals surface area contributed by atoms with Crippen LogP contribution in [-0.2, 0) is 0 Å². The molecule has 2 rings (SSSR count). The zero-order valence-corrected chi connectivity index (χ0v) is 13.4. The van der Waals surface area contributed by atoms with Gasteiger partial charge in [0.2, 0.25) is 5.89 Å². The molecule has 2 aromatic rings. The molecule has 0 aliphatic carbocycles. The molecule has 0 spiro atoms. The van der Waals surface area contributed by atoms with Crippen LogP contribution in [0.5, 0.6) is 0 Å². The molecule has 0 atom stereocenters. The fraction of sp³-hybridized carbons (Fsp3) is 0.333. The van der Waals surface area contributed by atoms with Crippen LogP contribution in [0.2, 0.25) is 10.0 Å². The van der Waals surface area contributed by atoms with Crippen molar-refractivity contribution in [3.63, 3.8) is 0 Å². The van der Waals surface area contributed by atoms with E-state index in [0.29, 0.717) is 28.0 Å². The molecule has 0 fully saturated rings. The molecule has 112 valence electrons. The van der Waals surface area contributed by atoms with Gasteiger partial charge in [-0.15, -0.1) is 0 Å². The minimum atomic E-state index is -0.154. The molecule has 0 unspecified atom stereocenters. The van der Waals surface area contributed by atoms with Crippen LogP contribution in [-0.4, -0.2) is 29.4 Å². The normalized spacial score (nSPS) is 10.7. The molecule has 21 heavy (non-hydrogen) atoms. The largest absolute Gasteiger partial charge is 0.444 e. The Labute approximate surface area is 133 Å². The number of hydrogen-bond donors (Lipinski definition) is 0. The van der Waals surface area contributed by atoms with Crippen LogP contribution in [0.15, 0.2) is 28.9 Å². The zero-order valence-electron chi connectivity index (χ0n) is 11.9.